The van der Waals surface area contributed by atoms with Crippen LogP contribution in [0.4, 0.5) is 8.78 Å². The van der Waals surface area contributed by atoms with Crippen molar-refractivity contribution in [3.63, 3.8) is 0 Å². The van der Waals surface area contributed by atoms with Crippen LogP contribution in [0.3, 0.4) is 0 Å². The molecule has 1 heterocycles. The second-order valence-corrected chi connectivity index (χ2v) is 5.96. The topological polar surface area (TPSA) is 73.6 Å². The molecule has 27 heavy (non-hydrogen) atoms. The molecular formula is C19H24F2N2O4. The summed E-state index contributed by atoms with van der Waals surface area (Å²) in [6, 6.07) is 6.73. The molecule has 148 valence electrons. The van der Waals surface area contributed by atoms with Crippen molar-refractivity contribution in [2.75, 3.05) is 13.2 Å². The second-order valence-electron chi connectivity index (χ2n) is 5.96. The zero-order chi connectivity index (χ0) is 20.0. The molecule has 0 saturated heterocycles. The summed E-state index contributed by atoms with van der Waals surface area (Å²) < 4.78 is 37.1. The Labute approximate surface area is 156 Å². The maximum Gasteiger partial charge on any atom is 0.359 e. The van der Waals surface area contributed by atoms with E-state index in [1.807, 2.05) is 6.92 Å². The number of ether oxygens (including phenoxy) is 2. The lowest BCUT2D eigenvalue weighted by Gasteiger charge is -2.14. The van der Waals surface area contributed by atoms with E-state index in [0.717, 1.165) is 11.1 Å². The fourth-order valence-electron chi connectivity index (χ4n) is 2.68. The van der Waals surface area contributed by atoms with Crippen LogP contribution in [0.5, 0.6) is 5.75 Å². The third-order valence-electron chi connectivity index (χ3n) is 3.97. The number of esters is 1. The molecule has 2 rings (SSSR count). The molecule has 0 aliphatic heterocycles. The Hall–Kier alpha value is -2.48. The van der Waals surface area contributed by atoms with Gasteiger partial charge in [0.15, 0.2) is 5.69 Å². The summed E-state index contributed by atoms with van der Waals surface area (Å²) >= 11 is 0. The van der Waals surface area contributed by atoms with Gasteiger partial charge in [0.05, 0.1) is 13.2 Å². The van der Waals surface area contributed by atoms with Crippen LogP contribution in [0.2, 0.25) is 0 Å². The number of aliphatic hydroxyl groups is 1. The van der Waals surface area contributed by atoms with Gasteiger partial charge in [0, 0.05) is 11.3 Å². The predicted octanol–water partition coefficient (Wildman–Crippen LogP) is 3.50. The average molecular weight is 382 g/mol. The molecule has 1 unspecified atom stereocenters. The van der Waals surface area contributed by atoms with Gasteiger partial charge < -0.3 is 14.6 Å². The summed E-state index contributed by atoms with van der Waals surface area (Å²) in [5.74, 6) is -0.103. The molecule has 0 amide bonds. The molecule has 1 aromatic heterocycles. The van der Waals surface area contributed by atoms with Gasteiger partial charge in [-0.1, -0.05) is 19.1 Å². The Kier molecular flexibility index (Phi) is 7.29. The largest absolute Gasteiger partial charge is 0.494 e. The Bertz CT molecular complexity index is 760. The molecule has 1 N–H and O–H groups in total. The first kappa shape index (κ1) is 20.8. The lowest BCUT2D eigenvalue weighted by Crippen LogP contribution is -2.12. The van der Waals surface area contributed by atoms with Gasteiger partial charge in [-0.3, -0.25) is 4.68 Å². The molecule has 0 bridgehead atoms. The maximum absolute atomic E-state index is 12.8. The highest BCUT2D eigenvalue weighted by molar-refractivity contribution is 5.89. The highest BCUT2D eigenvalue weighted by Crippen LogP contribution is 2.30. The van der Waals surface area contributed by atoms with Crippen molar-refractivity contribution >= 4 is 5.97 Å². The van der Waals surface area contributed by atoms with Crippen molar-refractivity contribution < 1.29 is 28.2 Å². The second kappa shape index (κ2) is 9.45. The van der Waals surface area contributed by atoms with Crippen LogP contribution in [0.1, 0.15) is 53.7 Å². The zero-order valence-electron chi connectivity index (χ0n) is 15.6. The molecule has 0 spiro atoms. The van der Waals surface area contributed by atoms with Crippen molar-refractivity contribution in [2.24, 2.45) is 0 Å². The summed E-state index contributed by atoms with van der Waals surface area (Å²) in [6.07, 6.45) is -2.98. The van der Waals surface area contributed by atoms with Gasteiger partial charge in [0.1, 0.15) is 18.4 Å². The van der Waals surface area contributed by atoms with Gasteiger partial charge in [-0.2, -0.15) is 5.10 Å². The van der Waals surface area contributed by atoms with Crippen LogP contribution in [-0.4, -0.2) is 40.5 Å². The number of carbonyl (C=O) groups is 1. The number of hydrogen-bond acceptors (Lipinski definition) is 5. The summed E-state index contributed by atoms with van der Waals surface area (Å²) in [6.45, 7) is 5.18. The van der Waals surface area contributed by atoms with Gasteiger partial charge in [-0.15, -0.1) is 0 Å². The third kappa shape index (κ3) is 5.03. The SMILES string of the molecule is CCCOc1ccc(C(O)c2c(C(=O)OCC)nn(CC(F)F)c2C)cc1. The average Bonchev–Trinajstić information content (AvgIpc) is 2.96. The minimum atomic E-state index is -2.64. The first-order chi connectivity index (χ1) is 12.9. The number of nitrogens with zero attached hydrogens (tertiary/aromatic N) is 2. The van der Waals surface area contributed by atoms with Crippen LogP contribution < -0.4 is 4.74 Å². The van der Waals surface area contributed by atoms with Gasteiger partial charge in [-0.05, 0) is 38.0 Å². The summed E-state index contributed by atoms with van der Waals surface area (Å²) in [5.41, 5.74) is 0.784. The van der Waals surface area contributed by atoms with E-state index in [0.29, 0.717) is 17.9 Å². The molecule has 0 aliphatic rings. The van der Waals surface area contributed by atoms with Gasteiger partial charge in [0.25, 0.3) is 6.43 Å². The summed E-state index contributed by atoms with van der Waals surface area (Å²) in [4.78, 5) is 12.2. The summed E-state index contributed by atoms with van der Waals surface area (Å²) in [5, 5.41) is 14.7. The van der Waals surface area contributed by atoms with E-state index in [1.54, 1.807) is 31.2 Å². The smallest absolute Gasteiger partial charge is 0.359 e. The molecule has 2 aromatic rings. The van der Waals surface area contributed by atoms with E-state index in [4.69, 9.17) is 9.47 Å². The third-order valence-corrected chi connectivity index (χ3v) is 3.97. The number of carbonyl (C=O) groups excluding carboxylic acids is 1. The summed E-state index contributed by atoms with van der Waals surface area (Å²) in [7, 11) is 0. The minimum absolute atomic E-state index is 0.110. The first-order valence-electron chi connectivity index (χ1n) is 8.82. The standard InChI is InChI=1S/C19H24F2N2O4/c1-4-10-27-14-8-6-13(7-9-14)18(24)16-12(3)23(11-15(20)21)22-17(16)19(25)26-5-2/h6-9,15,18,24H,4-5,10-11H2,1-3H3. The highest BCUT2D eigenvalue weighted by Gasteiger charge is 2.28. The Morgan fingerprint density at radius 1 is 1.26 bits per heavy atom. The Morgan fingerprint density at radius 2 is 1.93 bits per heavy atom. The maximum atomic E-state index is 12.8. The van der Waals surface area contributed by atoms with Crippen molar-refractivity contribution in [2.45, 2.75) is 46.3 Å². The number of aliphatic hydroxyl groups excluding tert-OH is 1. The molecule has 8 heteroatoms. The van der Waals surface area contributed by atoms with E-state index < -0.39 is 25.0 Å². The van der Waals surface area contributed by atoms with Crippen molar-refractivity contribution in [1.82, 2.24) is 9.78 Å². The van der Waals surface area contributed by atoms with E-state index in [9.17, 15) is 18.7 Å². The van der Waals surface area contributed by atoms with Crippen molar-refractivity contribution in [1.29, 1.82) is 0 Å². The van der Waals surface area contributed by atoms with Gasteiger partial charge in [-0.25, -0.2) is 13.6 Å². The van der Waals surface area contributed by atoms with E-state index in [2.05, 4.69) is 5.10 Å². The van der Waals surface area contributed by atoms with E-state index >= 15 is 0 Å². The number of alkyl halides is 2. The molecule has 0 fully saturated rings. The fraction of sp³-hybridized carbons (Fsp3) is 0.474. The molecule has 0 saturated carbocycles. The normalized spacial score (nSPS) is 12.3. The van der Waals surface area contributed by atoms with Crippen molar-refractivity contribution in [3.8, 4) is 5.75 Å². The fourth-order valence-corrected chi connectivity index (χ4v) is 2.68. The lowest BCUT2D eigenvalue weighted by atomic mass is 9.99. The molecule has 0 aliphatic carbocycles. The van der Waals surface area contributed by atoms with Crippen molar-refractivity contribution in [3.05, 3.63) is 46.8 Å². The Balaban J connectivity index is 2.38. The highest BCUT2D eigenvalue weighted by atomic mass is 19.3. The Morgan fingerprint density at radius 3 is 2.48 bits per heavy atom. The molecule has 1 aromatic carbocycles. The number of halogens is 2. The van der Waals surface area contributed by atoms with Crippen LogP contribution in [0, 0.1) is 6.92 Å². The first-order valence-corrected chi connectivity index (χ1v) is 8.82. The van der Waals surface area contributed by atoms with Crippen LogP contribution >= 0.6 is 0 Å². The number of aromatic nitrogens is 2. The van der Waals surface area contributed by atoms with Gasteiger partial charge in [0.2, 0.25) is 0 Å². The minimum Gasteiger partial charge on any atom is -0.494 e. The van der Waals surface area contributed by atoms with E-state index in [1.165, 1.54) is 6.92 Å². The molecular weight excluding hydrogens is 358 g/mol. The molecule has 6 nitrogen and oxygen atoms in total. The van der Waals surface area contributed by atoms with Crippen LogP contribution in [0.15, 0.2) is 24.3 Å². The quantitative estimate of drug-likeness (QED) is 0.672. The van der Waals surface area contributed by atoms with E-state index in [-0.39, 0.29) is 23.6 Å². The number of hydrogen-bond donors (Lipinski definition) is 1. The van der Waals surface area contributed by atoms with Gasteiger partial charge >= 0.3 is 5.97 Å². The lowest BCUT2D eigenvalue weighted by molar-refractivity contribution is 0.0511. The van der Waals surface area contributed by atoms with Crippen LogP contribution in [-0.2, 0) is 11.3 Å². The number of benzene rings is 1. The molecule has 0 radical (unpaired) electrons. The number of rotatable bonds is 9. The zero-order valence-corrected chi connectivity index (χ0v) is 15.6. The monoisotopic (exact) mass is 382 g/mol. The predicted molar refractivity (Wildman–Crippen MR) is 95.2 cm³/mol. The van der Waals surface area contributed by atoms with Crippen LogP contribution in [0.25, 0.3) is 0 Å². The molecule has 1 atom stereocenters.